The molecule has 108 valence electrons. The van der Waals surface area contributed by atoms with Crippen molar-refractivity contribution in [2.24, 2.45) is 5.92 Å². The van der Waals surface area contributed by atoms with Gasteiger partial charge in [-0.3, -0.25) is 0 Å². The molecule has 5 nitrogen and oxygen atoms in total. The molecule has 0 spiro atoms. The van der Waals surface area contributed by atoms with Crippen molar-refractivity contribution in [1.82, 2.24) is 19.9 Å². The topological polar surface area (TPSA) is 66.5 Å². The molecule has 0 saturated heterocycles. The lowest BCUT2D eigenvalue weighted by Crippen LogP contribution is -2.09. The number of nitrogens with one attached hydrogen (secondary N) is 2. The summed E-state index contributed by atoms with van der Waals surface area (Å²) in [4.78, 5) is 16.5. The van der Waals surface area contributed by atoms with Gasteiger partial charge in [0.1, 0.15) is 5.82 Å². The quantitative estimate of drug-likeness (QED) is 0.844. The smallest absolute Gasteiger partial charge is 0.197 e. The molecule has 2 aromatic heterocycles. The summed E-state index contributed by atoms with van der Waals surface area (Å²) in [5.41, 5.74) is 1.01. The van der Waals surface area contributed by atoms with Gasteiger partial charge in [-0.05, 0) is 34.7 Å². The zero-order valence-corrected chi connectivity index (χ0v) is 13.7. The van der Waals surface area contributed by atoms with Gasteiger partial charge in [0.15, 0.2) is 11.6 Å². The standard InChI is InChI=1S/C14H20BrN5/c1-4-5-16-12-11(15)10(8-9(2)3)19-14(20-12)13-17-6-7-18-13/h6-7,9H,4-5,8H2,1-3H3,(H,17,18)(H,16,19,20). The zero-order valence-electron chi connectivity index (χ0n) is 12.1. The molecule has 2 aromatic rings. The highest BCUT2D eigenvalue weighted by atomic mass is 79.9. The molecule has 0 radical (unpaired) electrons. The number of hydrogen-bond donors (Lipinski definition) is 2. The molecule has 20 heavy (non-hydrogen) atoms. The molecule has 0 bridgehead atoms. The summed E-state index contributed by atoms with van der Waals surface area (Å²) in [6.45, 7) is 7.37. The van der Waals surface area contributed by atoms with Crippen LogP contribution in [0.15, 0.2) is 16.9 Å². The Kier molecular flexibility index (Phi) is 5.11. The van der Waals surface area contributed by atoms with Crippen molar-refractivity contribution in [2.45, 2.75) is 33.6 Å². The summed E-state index contributed by atoms with van der Waals surface area (Å²) in [7, 11) is 0. The lowest BCUT2D eigenvalue weighted by atomic mass is 10.1. The van der Waals surface area contributed by atoms with Crippen LogP contribution in [0.2, 0.25) is 0 Å². The van der Waals surface area contributed by atoms with Crippen LogP contribution in [-0.2, 0) is 6.42 Å². The van der Waals surface area contributed by atoms with Crippen molar-refractivity contribution in [2.75, 3.05) is 11.9 Å². The van der Waals surface area contributed by atoms with Gasteiger partial charge < -0.3 is 10.3 Å². The van der Waals surface area contributed by atoms with E-state index in [0.717, 1.165) is 35.4 Å². The number of nitrogens with zero attached hydrogens (tertiary/aromatic N) is 3. The predicted octanol–water partition coefficient (Wildman–Crippen LogP) is 3.65. The van der Waals surface area contributed by atoms with Gasteiger partial charge in [-0.1, -0.05) is 20.8 Å². The lowest BCUT2D eigenvalue weighted by Gasteiger charge is -2.13. The van der Waals surface area contributed by atoms with Crippen LogP contribution in [0, 0.1) is 5.92 Å². The van der Waals surface area contributed by atoms with Crippen LogP contribution in [0.3, 0.4) is 0 Å². The third-order valence-electron chi connectivity index (χ3n) is 2.77. The van der Waals surface area contributed by atoms with Gasteiger partial charge >= 0.3 is 0 Å². The molecule has 0 aliphatic heterocycles. The fourth-order valence-corrected chi connectivity index (χ4v) is 2.35. The van der Waals surface area contributed by atoms with E-state index in [1.807, 2.05) is 0 Å². The molecule has 6 heteroatoms. The Morgan fingerprint density at radius 1 is 1.35 bits per heavy atom. The average molecular weight is 338 g/mol. The Bertz CT molecular complexity index is 551. The van der Waals surface area contributed by atoms with Gasteiger partial charge in [-0.15, -0.1) is 0 Å². The third kappa shape index (κ3) is 3.56. The summed E-state index contributed by atoms with van der Waals surface area (Å²) in [6.07, 6.45) is 5.44. The minimum Gasteiger partial charge on any atom is -0.369 e. The minimum absolute atomic E-state index is 0.532. The number of hydrogen-bond acceptors (Lipinski definition) is 4. The van der Waals surface area contributed by atoms with Crippen molar-refractivity contribution >= 4 is 21.7 Å². The van der Waals surface area contributed by atoms with E-state index >= 15 is 0 Å². The Labute approximate surface area is 127 Å². The van der Waals surface area contributed by atoms with E-state index in [1.54, 1.807) is 12.4 Å². The van der Waals surface area contributed by atoms with Gasteiger partial charge in [0, 0.05) is 18.9 Å². The van der Waals surface area contributed by atoms with Crippen LogP contribution < -0.4 is 5.32 Å². The fraction of sp³-hybridized carbons (Fsp3) is 0.500. The Balaban J connectivity index is 2.42. The molecular formula is C14H20BrN5. The number of aromatic nitrogens is 4. The van der Waals surface area contributed by atoms with E-state index in [9.17, 15) is 0 Å². The van der Waals surface area contributed by atoms with Gasteiger partial charge in [0.05, 0.1) is 10.2 Å². The summed E-state index contributed by atoms with van der Waals surface area (Å²) >= 11 is 3.62. The molecule has 0 aliphatic carbocycles. The maximum absolute atomic E-state index is 4.63. The van der Waals surface area contributed by atoms with Crippen molar-refractivity contribution in [1.29, 1.82) is 0 Å². The Morgan fingerprint density at radius 2 is 2.15 bits per heavy atom. The maximum Gasteiger partial charge on any atom is 0.197 e. The van der Waals surface area contributed by atoms with Crippen molar-refractivity contribution in [3.05, 3.63) is 22.6 Å². The zero-order chi connectivity index (χ0) is 14.5. The monoisotopic (exact) mass is 337 g/mol. The number of imidazole rings is 1. The first-order valence-electron chi connectivity index (χ1n) is 6.91. The molecule has 2 heterocycles. The van der Waals surface area contributed by atoms with Crippen LogP contribution in [0.4, 0.5) is 5.82 Å². The van der Waals surface area contributed by atoms with Gasteiger partial charge in [-0.25, -0.2) is 15.0 Å². The number of aromatic amines is 1. The third-order valence-corrected chi connectivity index (χ3v) is 3.61. The first-order valence-corrected chi connectivity index (χ1v) is 7.71. The second-order valence-electron chi connectivity index (χ2n) is 5.12. The molecule has 0 amide bonds. The van der Waals surface area contributed by atoms with Crippen molar-refractivity contribution in [3.8, 4) is 11.6 Å². The Hall–Kier alpha value is -1.43. The minimum atomic E-state index is 0.532. The lowest BCUT2D eigenvalue weighted by molar-refractivity contribution is 0.632. The van der Waals surface area contributed by atoms with Crippen molar-refractivity contribution < 1.29 is 0 Å². The van der Waals surface area contributed by atoms with Gasteiger partial charge in [0.25, 0.3) is 0 Å². The van der Waals surface area contributed by atoms with Crippen molar-refractivity contribution in [3.63, 3.8) is 0 Å². The van der Waals surface area contributed by atoms with E-state index in [4.69, 9.17) is 0 Å². The second kappa shape index (κ2) is 6.83. The van der Waals surface area contributed by atoms with E-state index in [2.05, 4.69) is 62.0 Å². The van der Waals surface area contributed by atoms with E-state index in [1.165, 1.54) is 0 Å². The highest BCUT2D eigenvalue weighted by Gasteiger charge is 2.15. The first-order chi connectivity index (χ1) is 9.61. The molecule has 0 atom stereocenters. The summed E-state index contributed by atoms with van der Waals surface area (Å²) < 4.78 is 0.954. The SMILES string of the molecule is CCCNc1nc(-c2ncc[nH]2)nc(CC(C)C)c1Br. The molecule has 2 rings (SSSR count). The second-order valence-corrected chi connectivity index (χ2v) is 5.91. The Morgan fingerprint density at radius 3 is 2.75 bits per heavy atom. The predicted molar refractivity (Wildman–Crippen MR) is 84.6 cm³/mol. The molecule has 0 fully saturated rings. The molecule has 2 N–H and O–H groups in total. The molecule has 0 unspecified atom stereocenters. The van der Waals surface area contributed by atoms with Crippen LogP contribution in [-0.4, -0.2) is 26.5 Å². The van der Waals surface area contributed by atoms with Gasteiger partial charge in [-0.2, -0.15) is 0 Å². The highest BCUT2D eigenvalue weighted by Crippen LogP contribution is 2.27. The number of H-pyrrole nitrogens is 1. The van der Waals surface area contributed by atoms with E-state index < -0.39 is 0 Å². The molecular weight excluding hydrogens is 318 g/mol. The summed E-state index contributed by atoms with van der Waals surface area (Å²) in [5.74, 6) is 2.70. The summed E-state index contributed by atoms with van der Waals surface area (Å²) in [6, 6.07) is 0. The van der Waals surface area contributed by atoms with E-state index in [0.29, 0.717) is 17.6 Å². The van der Waals surface area contributed by atoms with Crippen LogP contribution in [0.1, 0.15) is 32.9 Å². The fourth-order valence-electron chi connectivity index (χ4n) is 1.87. The average Bonchev–Trinajstić information content (AvgIpc) is 2.93. The number of halogens is 1. The highest BCUT2D eigenvalue weighted by molar-refractivity contribution is 9.10. The normalized spacial score (nSPS) is 11.1. The largest absolute Gasteiger partial charge is 0.369 e. The maximum atomic E-state index is 4.63. The molecule has 0 saturated carbocycles. The van der Waals surface area contributed by atoms with Crippen LogP contribution in [0.5, 0.6) is 0 Å². The number of rotatable bonds is 6. The number of anilines is 1. The van der Waals surface area contributed by atoms with E-state index in [-0.39, 0.29) is 0 Å². The first kappa shape index (κ1) is 15.0. The summed E-state index contributed by atoms with van der Waals surface area (Å²) in [5, 5.41) is 3.34. The van der Waals surface area contributed by atoms with Crippen LogP contribution in [0.25, 0.3) is 11.6 Å². The van der Waals surface area contributed by atoms with Gasteiger partial charge in [0.2, 0.25) is 0 Å². The molecule has 0 aliphatic rings. The molecule has 0 aromatic carbocycles. The van der Waals surface area contributed by atoms with Crippen LogP contribution >= 0.6 is 15.9 Å².